The Morgan fingerprint density at radius 1 is 1.21 bits per heavy atom. The van der Waals surface area contributed by atoms with Crippen LogP contribution in [-0.2, 0) is 0 Å². The smallest absolute Gasteiger partial charge is 0.323 e. The largest absolute Gasteiger partial charge is 0.378 e. The second kappa shape index (κ2) is 6.83. The quantitative estimate of drug-likeness (QED) is 0.872. The van der Waals surface area contributed by atoms with E-state index in [0.717, 1.165) is 16.9 Å². The van der Waals surface area contributed by atoms with Gasteiger partial charge in [0.1, 0.15) is 0 Å². The van der Waals surface area contributed by atoms with E-state index in [1.807, 2.05) is 50.2 Å². The summed E-state index contributed by atoms with van der Waals surface area (Å²) in [6.07, 6.45) is 1.74. The Kier molecular flexibility index (Phi) is 5.42. The van der Waals surface area contributed by atoms with Crippen LogP contribution in [0.4, 0.5) is 16.2 Å². The van der Waals surface area contributed by atoms with E-state index in [2.05, 4.69) is 24.5 Å². The van der Waals surface area contributed by atoms with E-state index < -0.39 is 0 Å². The molecule has 4 heteroatoms. The van der Waals surface area contributed by atoms with Gasteiger partial charge in [0, 0.05) is 31.7 Å². The van der Waals surface area contributed by atoms with E-state index >= 15 is 0 Å². The van der Waals surface area contributed by atoms with Crippen molar-refractivity contribution in [1.29, 1.82) is 0 Å². The molecule has 2 amide bonds. The van der Waals surface area contributed by atoms with Crippen molar-refractivity contribution >= 4 is 17.4 Å². The average Bonchev–Trinajstić information content (AvgIpc) is 2.36. The molecule has 0 aliphatic heterocycles. The van der Waals surface area contributed by atoms with Crippen LogP contribution in [0.15, 0.2) is 36.0 Å². The Labute approximate surface area is 115 Å². The molecule has 0 unspecified atom stereocenters. The van der Waals surface area contributed by atoms with Crippen molar-refractivity contribution in [3.63, 3.8) is 0 Å². The molecule has 0 bridgehead atoms. The number of hydrogen-bond acceptors (Lipinski definition) is 2. The van der Waals surface area contributed by atoms with E-state index in [0.29, 0.717) is 5.92 Å². The number of nitrogens with zero attached hydrogens (tertiary/aromatic N) is 1. The minimum absolute atomic E-state index is 0.224. The van der Waals surface area contributed by atoms with E-state index in [4.69, 9.17) is 0 Å². The molecule has 1 rings (SSSR count). The molecule has 1 aromatic carbocycles. The van der Waals surface area contributed by atoms with Crippen LogP contribution in [0.3, 0.4) is 0 Å². The first-order chi connectivity index (χ1) is 8.90. The standard InChI is InChI=1S/C15H23N3O/c1-11(2)12(3)10-16-15(19)17-13-6-8-14(9-7-13)18(4)5/h6-11H,1-5H3,(H2,16,17,19)/b12-10+. The highest BCUT2D eigenvalue weighted by Gasteiger charge is 2.02. The van der Waals surface area contributed by atoms with Crippen molar-refractivity contribution in [3.8, 4) is 0 Å². The van der Waals surface area contributed by atoms with Crippen LogP contribution in [0.1, 0.15) is 20.8 Å². The van der Waals surface area contributed by atoms with Crippen LogP contribution < -0.4 is 15.5 Å². The van der Waals surface area contributed by atoms with Crippen molar-refractivity contribution < 1.29 is 4.79 Å². The van der Waals surface area contributed by atoms with Gasteiger partial charge in [0.15, 0.2) is 0 Å². The van der Waals surface area contributed by atoms with Crippen LogP contribution in [-0.4, -0.2) is 20.1 Å². The Morgan fingerprint density at radius 3 is 2.26 bits per heavy atom. The fourth-order valence-corrected chi connectivity index (χ4v) is 1.36. The number of nitrogens with one attached hydrogen (secondary N) is 2. The molecule has 0 saturated heterocycles. The van der Waals surface area contributed by atoms with Gasteiger partial charge in [0.25, 0.3) is 0 Å². The second-order valence-electron chi connectivity index (χ2n) is 5.08. The summed E-state index contributed by atoms with van der Waals surface area (Å²) in [6, 6.07) is 7.47. The van der Waals surface area contributed by atoms with Gasteiger partial charge in [0.2, 0.25) is 0 Å². The minimum Gasteiger partial charge on any atom is -0.378 e. The number of allylic oxidation sites excluding steroid dienone is 1. The lowest BCUT2D eigenvalue weighted by Gasteiger charge is -2.13. The molecule has 19 heavy (non-hydrogen) atoms. The maximum absolute atomic E-state index is 11.7. The first-order valence-electron chi connectivity index (χ1n) is 6.41. The van der Waals surface area contributed by atoms with Crippen LogP contribution >= 0.6 is 0 Å². The second-order valence-corrected chi connectivity index (χ2v) is 5.08. The Hall–Kier alpha value is -1.97. The number of anilines is 2. The molecule has 0 spiro atoms. The zero-order chi connectivity index (χ0) is 14.4. The number of amides is 2. The summed E-state index contributed by atoms with van der Waals surface area (Å²) in [5, 5.41) is 5.52. The number of rotatable bonds is 4. The molecule has 104 valence electrons. The normalized spacial score (nSPS) is 11.4. The topological polar surface area (TPSA) is 44.4 Å². The molecular weight excluding hydrogens is 238 g/mol. The van der Waals surface area contributed by atoms with Crippen molar-refractivity contribution in [1.82, 2.24) is 5.32 Å². The van der Waals surface area contributed by atoms with E-state index in [9.17, 15) is 4.79 Å². The third-order valence-electron chi connectivity index (χ3n) is 2.98. The summed E-state index contributed by atoms with van der Waals surface area (Å²) >= 11 is 0. The lowest BCUT2D eigenvalue weighted by molar-refractivity contribution is 0.255. The van der Waals surface area contributed by atoms with Crippen LogP contribution in [0, 0.1) is 5.92 Å². The molecule has 1 aromatic rings. The molecule has 0 heterocycles. The highest BCUT2D eigenvalue weighted by atomic mass is 16.2. The average molecular weight is 261 g/mol. The number of benzene rings is 1. The predicted octanol–water partition coefficient (Wildman–Crippen LogP) is 3.43. The van der Waals surface area contributed by atoms with Crippen molar-refractivity contribution in [2.75, 3.05) is 24.3 Å². The molecule has 0 saturated carbocycles. The molecule has 0 aliphatic carbocycles. The lowest BCUT2D eigenvalue weighted by atomic mass is 10.1. The van der Waals surface area contributed by atoms with Crippen LogP contribution in [0.5, 0.6) is 0 Å². The zero-order valence-electron chi connectivity index (χ0n) is 12.3. The SMILES string of the molecule is C/C(=C\NC(=O)Nc1ccc(N(C)C)cc1)C(C)C. The maximum atomic E-state index is 11.7. The third kappa shape index (κ3) is 5.04. The van der Waals surface area contributed by atoms with Gasteiger partial charge in [-0.25, -0.2) is 4.79 Å². The summed E-state index contributed by atoms with van der Waals surface area (Å²) in [5.74, 6) is 0.430. The molecule has 0 atom stereocenters. The summed E-state index contributed by atoms with van der Waals surface area (Å²) in [5.41, 5.74) is 3.01. The Balaban J connectivity index is 2.55. The highest BCUT2D eigenvalue weighted by Crippen LogP contribution is 2.15. The van der Waals surface area contributed by atoms with Crippen LogP contribution in [0.25, 0.3) is 0 Å². The van der Waals surface area contributed by atoms with Gasteiger partial charge in [-0.1, -0.05) is 19.4 Å². The van der Waals surface area contributed by atoms with E-state index in [1.54, 1.807) is 6.20 Å². The van der Waals surface area contributed by atoms with Gasteiger partial charge in [-0.05, 0) is 37.1 Å². The Bertz CT molecular complexity index is 447. The fourth-order valence-electron chi connectivity index (χ4n) is 1.36. The number of carbonyl (C=O) groups is 1. The molecule has 0 aliphatic rings. The van der Waals surface area contributed by atoms with E-state index in [1.165, 1.54) is 0 Å². The predicted molar refractivity (Wildman–Crippen MR) is 81.5 cm³/mol. The van der Waals surface area contributed by atoms with Crippen molar-refractivity contribution in [3.05, 3.63) is 36.0 Å². The van der Waals surface area contributed by atoms with Crippen molar-refractivity contribution in [2.24, 2.45) is 5.92 Å². The Morgan fingerprint density at radius 2 is 1.79 bits per heavy atom. The van der Waals surface area contributed by atoms with E-state index in [-0.39, 0.29) is 6.03 Å². The monoisotopic (exact) mass is 261 g/mol. The van der Waals surface area contributed by atoms with Gasteiger partial charge >= 0.3 is 6.03 Å². The molecular formula is C15H23N3O. The molecule has 0 radical (unpaired) electrons. The van der Waals surface area contributed by atoms with Crippen LogP contribution in [0.2, 0.25) is 0 Å². The minimum atomic E-state index is -0.224. The summed E-state index contributed by atoms with van der Waals surface area (Å²) in [7, 11) is 3.96. The fraction of sp³-hybridized carbons (Fsp3) is 0.400. The summed E-state index contributed by atoms with van der Waals surface area (Å²) in [6.45, 7) is 6.17. The van der Waals surface area contributed by atoms with Gasteiger partial charge in [-0.3, -0.25) is 0 Å². The summed E-state index contributed by atoms with van der Waals surface area (Å²) in [4.78, 5) is 13.7. The van der Waals surface area contributed by atoms with Gasteiger partial charge in [-0.15, -0.1) is 0 Å². The molecule has 0 fully saturated rings. The lowest BCUT2D eigenvalue weighted by Crippen LogP contribution is -2.24. The third-order valence-corrected chi connectivity index (χ3v) is 2.98. The highest BCUT2D eigenvalue weighted by molar-refractivity contribution is 5.90. The maximum Gasteiger partial charge on any atom is 0.323 e. The van der Waals surface area contributed by atoms with Gasteiger partial charge in [-0.2, -0.15) is 0 Å². The first-order valence-corrected chi connectivity index (χ1v) is 6.41. The van der Waals surface area contributed by atoms with Crippen molar-refractivity contribution in [2.45, 2.75) is 20.8 Å². The molecule has 4 nitrogen and oxygen atoms in total. The molecule has 0 aromatic heterocycles. The van der Waals surface area contributed by atoms with Gasteiger partial charge in [0.05, 0.1) is 0 Å². The number of hydrogen-bond donors (Lipinski definition) is 2. The number of urea groups is 1. The van der Waals surface area contributed by atoms with Gasteiger partial charge < -0.3 is 15.5 Å². The first kappa shape index (κ1) is 15.1. The number of carbonyl (C=O) groups excluding carboxylic acids is 1. The zero-order valence-corrected chi connectivity index (χ0v) is 12.3. The molecule has 2 N–H and O–H groups in total. The summed E-state index contributed by atoms with van der Waals surface area (Å²) < 4.78 is 0.